The number of aromatic amines is 1. The fraction of sp³-hybridized carbons (Fsp3) is 0.304. The summed E-state index contributed by atoms with van der Waals surface area (Å²) in [6, 6.07) is 17.7. The van der Waals surface area contributed by atoms with Crippen molar-refractivity contribution in [3.05, 3.63) is 87.5 Å². The number of hydrogen-bond donors (Lipinski definition) is 1. The number of nitrogens with one attached hydrogen (secondary N) is 1. The Labute approximate surface area is 179 Å². The topological polar surface area (TPSA) is 88.9 Å². The molecule has 3 heterocycles. The second kappa shape index (κ2) is 8.41. The Morgan fingerprint density at radius 1 is 1.10 bits per heavy atom. The lowest BCUT2D eigenvalue weighted by molar-refractivity contribution is 0.0214. The molecule has 8 heteroatoms. The second-order valence-electron chi connectivity index (χ2n) is 7.82. The molecule has 0 bridgehead atoms. The molecule has 1 aliphatic heterocycles. The molecule has 0 radical (unpaired) electrons. The van der Waals surface area contributed by atoms with Crippen LogP contribution in [0, 0.1) is 6.92 Å². The molecule has 1 fully saturated rings. The zero-order valence-electron chi connectivity index (χ0n) is 17.4. The van der Waals surface area contributed by atoms with E-state index in [9.17, 15) is 4.79 Å². The molecule has 2 aromatic heterocycles. The summed E-state index contributed by atoms with van der Waals surface area (Å²) in [5, 5.41) is 13.6. The van der Waals surface area contributed by atoms with Crippen LogP contribution >= 0.6 is 0 Å². The maximum atomic E-state index is 13.2. The van der Waals surface area contributed by atoms with Crippen LogP contribution < -0.4 is 5.56 Å². The Morgan fingerprint density at radius 3 is 2.71 bits per heavy atom. The highest BCUT2D eigenvalue weighted by Crippen LogP contribution is 2.28. The van der Waals surface area contributed by atoms with Crippen LogP contribution in [0.15, 0.2) is 59.4 Å². The number of benzene rings is 2. The molecule has 0 spiro atoms. The molecule has 1 N–H and O–H groups in total. The number of rotatable bonds is 5. The van der Waals surface area contributed by atoms with E-state index in [2.05, 4.69) is 25.4 Å². The molecule has 2 aromatic carbocycles. The van der Waals surface area contributed by atoms with E-state index in [-0.39, 0.29) is 11.6 Å². The van der Waals surface area contributed by atoms with Crippen LogP contribution in [-0.2, 0) is 11.3 Å². The maximum absolute atomic E-state index is 13.2. The summed E-state index contributed by atoms with van der Waals surface area (Å²) in [5.74, 6) is 0.656. The van der Waals surface area contributed by atoms with Crippen molar-refractivity contribution in [1.82, 2.24) is 30.1 Å². The summed E-state index contributed by atoms with van der Waals surface area (Å²) < 4.78 is 7.35. The third-order valence-electron chi connectivity index (χ3n) is 5.80. The first-order chi connectivity index (χ1) is 15.2. The fourth-order valence-corrected chi connectivity index (χ4v) is 4.21. The van der Waals surface area contributed by atoms with Crippen molar-refractivity contribution in [2.75, 3.05) is 26.3 Å². The molecule has 8 nitrogen and oxygen atoms in total. The molecule has 1 saturated heterocycles. The number of aromatic nitrogens is 5. The van der Waals surface area contributed by atoms with Gasteiger partial charge in [0.2, 0.25) is 0 Å². The monoisotopic (exact) mass is 416 g/mol. The van der Waals surface area contributed by atoms with Gasteiger partial charge in [0.05, 0.1) is 25.3 Å². The van der Waals surface area contributed by atoms with Gasteiger partial charge in [0.25, 0.3) is 5.56 Å². The van der Waals surface area contributed by atoms with E-state index in [1.807, 2.05) is 61.5 Å². The van der Waals surface area contributed by atoms with Gasteiger partial charge in [-0.3, -0.25) is 9.69 Å². The van der Waals surface area contributed by atoms with Crippen molar-refractivity contribution in [2.24, 2.45) is 0 Å². The van der Waals surface area contributed by atoms with Crippen molar-refractivity contribution in [3.8, 4) is 0 Å². The van der Waals surface area contributed by atoms with E-state index < -0.39 is 0 Å². The Bertz CT molecular complexity index is 1240. The Kier molecular flexibility index (Phi) is 5.31. The zero-order chi connectivity index (χ0) is 21.2. The quantitative estimate of drug-likeness (QED) is 0.537. The normalized spacial score (nSPS) is 15.9. The first-order valence-corrected chi connectivity index (χ1v) is 10.4. The summed E-state index contributed by atoms with van der Waals surface area (Å²) in [6.45, 7) is 5.16. The van der Waals surface area contributed by atoms with Gasteiger partial charge in [-0.1, -0.05) is 48.5 Å². The fourth-order valence-electron chi connectivity index (χ4n) is 4.21. The first-order valence-electron chi connectivity index (χ1n) is 10.4. The van der Waals surface area contributed by atoms with Gasteiger partial charge in [-0.25, -0.2) is 4.68 Å². The second-order valence-corrected chi connectivity index (χ2v) is 7.82. The van der Waals surface area contributed by atoms with Gasteiger partial charge in [0.15, 0.2) is 5.82 Å². The SMILES string of the molecule is Cc1cccc2cc([C@H](c3nnnn3Cc3ccccc3)N3CCOCC3)c(=O)[nH]c12. The van der Waals surface area contributed by atoms with E-state index in [0.29, 0.717) is 44.2 Å². The van der Waals surface area contributed by atoms with Crippen LogP contribution in [0.3, 0.4) is 0 Å². The van der Waals surface area contributed by atoms with Crippen LogP contribution in [0.25, 0.3) is 10.9 Å². The lowest BCUT2D eigenvalue weighted by Crippen LogP contribution is -2.42. The number of fused-ring (bicyclic) bond motifs is 1. The van der Waals surface area contributed by atoms with Gasteiger partial charge < -0.3 is 9.72 Å². The highest BCUT2D eigenvalue weighted by molar-refractivity contribution is 5.82. The maximum Gasteiger partial charge on any atom is 0.253 e. The summed E-state index contributed by atoms with van der Waals surface area (Å²) >= 11 is 0. The molecule has 0 aliphatic carbocycles. The van der Waals surface area contributed by atoms with Crippen LogP contribution in [0.4, 0.5) is 0 Å². The number of tetrazole rings is 1. The van der Waals surface area contributed by atoms with Gasteiger partial charge in [-0.15, -0.1) is 5.10 Å². The molecule has 31 heavy (non-hydrogen) atoms. The van der Waals surface area contributed by atoms with Crippen molar-refractivity contribution in [2.45, 2.75) is 19.5 Å². The average molecular weight is 416 g/mol. The number of H-pyrrole nitrogens is 1. The van der Waals surface area contributed by atoms with Gasteiger partial charge in [-0.2, -0.15) is 0 Å². The summed E-state index contributed by atoms with van der Waals surface area (Å²) in [5.41, 5.74) is 3.52. The molecule has 4 aromatic rings. The smallest absolute Gasteiger partial charge is 0.253 e. The van der Waals surface area contributed by atoms with Crippen LogP contribution in [-0.4, -0.2) is 56.4 Å². The lowest BCUT2D eigenvalue weighted by Gasteiger charge is -2.33. The minimum Gasteiger partial charge on any atom is -0.379 e. The van der Waals surface area contributed by atoms with Crippen LogP contribution in [0.2, 0.25) is 0 Å². The molecule has 5 rings (SSSR count). The zero-order valence-corrected chi connectivity index (χ0v) is 17.4. The first kappa shape index (κ1) is 19.6. The molecule has 1 atom stereocenters. The van der Waals surface area contributed by atoms with Crippen LogP contribution in [0.5, 0.6) is 0 Å². The predicted molar refractivity (Wildman–Crippen MR) is 117 cm³/mol. The number of pyridine rings is 1. The van der Waals surface area contributed by atoms with Crippen molar-refractivity contribution in [3.63, 3.8) is 0 Å². The van der Waals surface area contributed by atoms with E-state index in [4.69, 9.17) is 4.74 Å². The lowest BCUT2D eigenvalue weighted by atomic mass is 10.0. The van der Waals surface area contributed by atoms with Gasteiger partial charge in [0.1, 0.15) is 6.04 Å². The van der Waals surface area contributed by atoms with E-state index >= 15 is 0 Å². The summed E-state index contributed by atoms with van der Waals surface area (Å²) in [6.07, 6.45) is 0. The number of nitrogens with zero attached hydrogens (tertiary/aromatic N) is 5. The molecule has 1 aliphatic rings. The molecular formula is C23H24N6O2. The van der Waals surface area contributed by atoms with Crippen LogP contribution in [0.1, 0.15) is 28.6 Å². The van der Waals surface area contributed by atoms with Crippen molar-refractivity contribution >= 4 is 10.9 Å². The number of aryl methyl sites for hydroxylation is 1. The molecule has 158 valence electrons. The number of hydrogen-bond acceptors (Lipinski definition) is 6. The van der Waals surface area contributed by atoms with E-state index in [0.717, 1.165) is 22.0 Å². The predicted octanol–water partition coefficient (Wildman–Crippen LogP) is 2.29. The average Bonchev–Trinajstić information content (AvgIpc) is 3.24. The molecular weight excluding hydrogens is 392 g/mol. The van der Waals surface area contributed by atoms with Gasteiger partial charge >= 0.3 is 0 Å². The summed E-state index contributed by atoms with van der Waals surface area (Å²) in [4.78, 5) is 18.6. The standard InChI is InChI=1S/C23H24N6O2/c1-16-6-5-9-18-14-19(23(30)24-20(16)18)21(28-10-12-31-13-11-28)22-25-26-27-29(22)15-17-7-3-2-4-8-17/h2-9,14,21H,10-13,15H2,1H3,(H,24,30)/t21-/m1/s1. The van der Waals surface area contributed by atoms with Crippen molar-refractivity contribution in [1.29, 1.82) is 0 Å². The Balaban J connectivity index is 1.63. The highest BCUT2D eigenvalue weighted by Gasteiger charge is 2.31. The minimum absolute atomic E-state index is 0.118. The van der Waals surface area contributed by atoms with Crippen molar-refractivity contribution < 1.29 is 4.74 Å². The van der Waals surface area contributed by atoms with E-state index in [1.54, 1.807) is 4.68 Å². The third-order valence-corrected chi connectivity index (χ3v) is 5.80. The highest BCUT2D eigenvalue weighted by atomic mass is 16.5. The molecule has 0 saturated carbocycles. The number of ether oxygens (including phenoxy) is 1. The molecule has 0 unspecified atom stereocenters. The number of morpholine rings is 1. The van der Waals surface area contributed by atoms with E-state index in [1.165, 1.54) is 0 Å². The van der Waals surface area contributed by atoms with Gasteiger partial charge in [-0.05, 0) is 39.9 Å². The summed E-state index contributed by atoms with van der Waals surface area (Å²) in [7, 11) is 0. The minimum atomic E-state index is -0.365. The Hall–Kier alpha value is -3.36. The Morgan fingerprint density at radius 2 is 1.90 bits per heavy atom. The molecule has 0 amide bonds. The third kappa shape index (κ3) is 3.87. The van der Waals surface area contributed by atoms with Gasteiger partial charge in [0, 0.05) is 18.7 Å². The largest absolute Gasteiger partial charge is 0.379 e. The number of para-hydroxylation sites is 1.